The third kappa shape index (κ3) is 7.88. The van der Waals surface area contributed by atoms with Gasteiger partial charge in [-0.1, -0.05) is 13.8 Å². The number of nitrogens with one attached hydrogen (secondary N) is 1. The number of rotatable bonds is 13. The van der Waals surface area contributed by atoms with E-state index in [1.165, 1.54) is 19.1 Å². The van der Waals surface area contributed by atoms with Crippen molar-refractivity contribution >= 4 is 17.6 Å². The molecule has 44 heavy (non-hydrogen) atoms. The molecule has 0 bridgehead atoms. The van der Waals surface area contributed by atoms with Crippen molar-refractivity contribution in [1.29, 1.82) is 0 Å². The van der Waals surface area contributed by atoms with Gasteiger partial charge in [-0.25, -0.2) is 13.2 Å². The number of nitrogens with two attached hydrogens (primary N) is 1. The van der Waals surface area contributed by atoms with Gasteiger partial charge in [-0.05, 0) is 87.7 Å². The quantitative estimate of drug-likeness (QED) is 0.146. The number of carbonyl (C=O) groups is 2. The monoisotopic (exact) mass is 613 g/mol. The van der Waals surface area contributed by atoms with Crippen LogP contribution in [0.5, 0.6) is 5.75 Å². The van der Waals surface area contributed by atoms with Crippen LogP contribution < -0.4 is 21.3 Å². The number of carbonyl (C=O) groups excluding carboxylic acids is 2. The number of nitrogen functional groups attached to an aromatic ring is 1. The van der Waals surface area contributed by atoms with Crippen molar-refractivity contribution < 1.29 is 32.2 Å². The van der Waals surface area contributed by atoms with Crippen LogP contribution in [0.3, 0.4) is 0 Å². The Labute approximate surface area is 254 Å². The molecule has 1 saturated carbocycles. The molecule has 1 unspecified atom stereocenters. The minimum Gasteiger partial charge on any atom is -0.493 e. The maximum Gasteiger partial charge on any atom is 0.323 e. The fourth-order valence-corrected chi connectivity index (χ4v) is 5.28. The minimum absolute atomic E-state index is 0.0247. The van der Waals surface area contributed by atoms with Crippen molar-refractivity contribution in [2.45, 2.75) is 71.4 Å². The Kier molecular flexibility index (Phi) is 10.9. The highest BCUT2D eigenvalue weighted by molar-refractivity contribution is 6.11. The number of ketones is 1. The second-order valence-corrected chi connectivity index (χ2v) is 11.5. The molecular formula is C33H38F3N3O5. The molecule has 1 aliphatic carbocycles. The lowest BCUT2D eigenvalue weighted by atomic mass is 10.0. The van der Waals surface area contributed by atoms with Crippen molar-refractivity contribution in [1.82, 2.24) is 9.88 Å². The molecular weight excluding hydrogens is 575 g/mol. The molecule has 0 radical (unpaired) electrons. The Morgan fingerprint density at radius 3 is 2.34 bits per heavy atom. The molecule has 0 saturated heterocycles. The number of ether oxygens (including phenoxy) is 2. The molecule has 1 aliphatic rings. The summed E-state index contributed by atoms with van der Waals surface area (Å²) in [5, 5.41) is 3.21. The highest BCUT2D eigenvalue weighted by atomic mass is 19.1. The average molecular weight is 614 g/mol. The Hall–Kier alpha value is -4.12. The van der Waals surface area contributed by atoms with Crippen molar-refractivity contribution in [2.75, 3.05) is 18.9 Å². The largest absolute Gasteiger partial charge is 0.493 e. The zero-order valence-electron chi connectivity index (χ0n) is 25.1. The molecule has 11 heteroatoms. The van der Waals surface area contributed by atoms with E-state index >= 15 is 8.78 Å². The van der Waals surface area contributed by atoms with Gasteiger partial charge in [-0.3, -0.25) is 19.0 Å². The summed E-state index contributed by atoms with van der Waals surface area (Å²) in [4.78, 5) is 38.4. The molecule has 0 amide bonds. The van der Waals surface area contributed by atoms with Gasteiger partial charge < -0.3 is 20.5 Å². The SMILES string of the molecule is Cc1cc(C(=O)c2ccc(=O)n(-c3c(F)cc(OCCCNC(CC(C)C)C(=O)OC4CCCC4)cc3F)c2N)ccc1F. The predicted molar refractivity (Wildman–Crippen MR) is 161 cm³/mol. The van der Waals surface area contributed by atoms with E-state index in [9.17, 15) is 18.8 Å². The van der Waals surface area contributed by atoms with Crippen LogP contribution in [0.15, 0.2) is 47.3 Å². The van der Waals surface area contributed by atoms with Crippen LogP contribution in [0.1, 0.15) is 73.9 Å². The van der Waals surface area contributed by atoms with Gasteiger partial charge in [0.1, 0.15) is 35.2 Å². The lowest BCUT2D eigenvalue weighted by Crippen LogP contribution is -2.41. The standard InChI is InChI=1S/C33H38F3N3O5/c1-19(2)15-28(33(42)44-22-7-4-5-8-22)38-13-6-14-43-23-17-26(35)30(27(36)18-23)39-29(40)12-10-24(32(39)37)31(41)21-9-11-25(34)20(3)16-21/h9-12,16-19,22,28,38H,4-8,13-15,37H2,1-3H3. The Balaban J connectivity index is 1.42. The highest BCUT2D eigenvalue weighted by Crippen LogP contribution is 2.27. The van der Waals surface area contributed by atoms with Crippen LogP contribution in [0.2, 0.25) is 0 Å². The summed E-state index contributed by atoms with van der Waals surface area (Å²) in [6.45, 7) is 6.05. The number of benzene rings is 2. The number of aromatic nitrogens is 1. The van der Waals surface area contributed by atoms with Gasteiger partial charge in [0.05, 0.1) is 12.2 Å². The molecule has 1 heterocycles. The summed E-state index contributed by atoms with van der Waals surface area (Å²) in [7, 11) is 0. The van der Waals surface area contributed by atoms with Gasteiger partial charge >= 0.3 is 5.97 Å². The molecule has 0 aliphatic heterocycles. The van der Waals surface area contributed by atoms with E-state index in [4.69, 9.17) is 15.2 Å². The second-order valence-electron chi connectivity index (χ2n) is 11.5. The summed E-state index contributed by atoms with van der Waals surface area (Å²) in [5.74, 6) is -3.96. The number of anilines is 1. The summed E-state index contributed by atoms with van der Waals surface area (Å²) >= 11 is 0. The van der Waals surface area contributed by atoms with Crippen molar-refractivity contribution in [3.05, 3.63) is 87.0 Å². The first-order chi connectivity index (χ1) is 21.0. The minimum atomic E-state index is -1.12. The summed E-state index contributed by atoms with van der Waals surface area (Å²) in [5.41, 5.74) is 4.63. The number of aryl methyl sites for hydroxylation is 1. The first kappa shape index (κ1) is 32.8. The van der Waals surface area contributed by atoms with E-state index in [1.54, 1.807) is 0 Å². The first-order valence-electron chi connectivity index (χ1n) is 14.8. The van der Waals surface area contributed by atoms with E-state index in [0.717, 1.165) is 56.0 Å². The maximum atomic E-state index is 15.2. The Morgan fingerprint density at radius 1 is 1.02 bits per heavy atom. The van der Waals surface area contributed by atoms with E-state index in [1.807, 2.05) is 13.8 Å². The number of halogens is 3. The molecule has 0 spiro atoms. The smallest absolute Gasteiger partial charge is 0.323 e. The molecule has 236 valence electrons. The summed E-state index contributed by atoms with van der Waals surface area (Å²) in [6.07, 6.45) is 4.93. The number of esters is 1. The topological polar surface area (TPSA) is 113 Å². The Morgan fingerprint density at radius 2 is 1.70 bits per heavy atom. The van der Waals surface area contributed by atoms with E-state index in [0.29, 0.717) is 24.0 Å². The van der Waals surface area contributed by atoms with Gasteiger partial charge in [0.25, 0.3) is 5.56 Å². The highest BCUT2D eigenvalue weighted by Gasteiger charge is 2.26. The van der Waals surface area contributed by atoms with Gasteiger partial charge in [0.2, 0.25) is 0 Å². The predicted octanol–water partition coefficient (Wildman–Crippen LogP) is 5.64. The van der Waals surface area contributed by atoms with Crippen molar-refractivity contribution in [3.63, 3.8) is 0 Å². The molecule has 3 N–H and O–H groups in total. The van der Waals surface area contributed by atoms with Crippen LogP contribution >= 0.6 is 0 Å². The first-order valence-corrected chi connectivity index (χ1v) is 14.8. The molecule has 3 aromatic rings. The van der Waals surface area contributed by atoms with Crippen LogP contribution in [0, 0.1) is 30.3 Å². The number of nitrogens with zero attached hydrogens (tertiary/aromatic N) is 1. The molecule has 1 fully saturated rings. The van der Waals surface area contributed by atoms with Crippen molar-refractivity contribution in [3.8, 4) is 11.4 Å². The number of pyridine rings is 1. The van der Waals surface area contributed by atoms with Crippen LogP contribution in [-0.4, -0.2) is 41.6 Å². The third-order valence-electron chi connectivity index (χ3n) is 7.57. The average Bonchev–Trinajstić information content (AvgIpc) is 3.47. The Bertz CT molecular complexity index is 1540. The zero-order chi connectivity index (χ0) is 32.0. The van der Waals surface area contributed by atoms with E-state index in [-0.39, 0.29) is 47.0 Å². The van der Waals surface area contributed by atoms with Gasteiger partial charge in [-0.15, -0.1) is 0 Å². The fourth-order valence-electron chi connectivity index (χ4n) is 5.28. The fraction of sp³-hybridized carbons (Fsp3) is 0.424. The van der Waals surface area contributed by atoms with E-state index < -0.39 is 46.3 Å². The molecule has 8 nitrogen and oxygen atoms in total. The second kappa shape index (κ2) is 14.6. The van der Waals surface area contributed by atoms with Crippen molar-refractivity contribution in [2.24, 2.45) is 5.92 Å². The van der Waals surface area contributed by atoms with E-state index in [2.05, 4.69) is 5.32 Å². The summed E-state index contributed by atoms with van der Waals surface area (Å²) < 4.78 is 56.0. The number of hydrogen-bond donors (Lipinski definition) is 2. The molecule has 1 aromatic heterocycles. The number of hydrogen-bond acceptors (Lipinski definition) is 7. The lowest BCUT2D eigenvalue weighted by Gasteiger charge is -2.21. The molecule has 4 rings (SSSR count). The maximum absolute atomic E-state index is 15.2. The lowest BCUT2D eigenvalue weighted by molar-refractivity contribution is -0.151. The third-order valence-corrected chi connectivity index (χ3v) is 7.57. The van der Waals surface area contributed by atoms with Crippen LogP contribution in [0.4, 0.5) is 19.0 Å². The van der Waals surface area contributed by atoms with Gasteiger partial charge in [0.15, 0.2) is 17.4 Å². The van der Waals surface area contributed by atoms with Crippen LogP contribution in [-0.2, 0) is 9.53 Å². The summed E-state index contributed by atoms with van der Waals surface area (Å²) in [6, 6.07) is 7.24. The van der Waals surface area contributed by atoms with Crippen LogP contribution in [0.25, 0.3) is 5.69 Å². The zero-order valence-corrected chi connectivity index (χ0v) is 25.1. The van der Waals surface area contributed by atoms with Gasteiger partial charge in [0, 0.05) is 23.8 Å². The molecule has 2 aromatic carbocycles. The molecule has 1 atom stereocenters. The van der Waals surface area contributed by atoms with Gasteiger partial charge in [-0.2, -0.15) is 0 Å². The normalized spacial score (nSPS) is 14.2.